The van der Waals surface area contributed by atoms with Crippen LogP contribution in [-0.4, -0.2) is 24.1 Å². The highest BCUT2D eigenvalue weighted by molar-refractivity contribution is 6.10. The molecule has 0 fully saturated rings. The van der Waals surface area contributed by atoms with Gasteiger partial charge in [0, 0.05) is 11.3 Å². The van der Waals surface area contributed by atoms with Gasteiger partial charge in [-0.05, 0) is 30.2 Å². The lowest BCUT2D eigenvalue weighted by atomic mass is 9.99. The lowest BCUT2D eigenvalue weighted by Gasteiger charge is -2.13. The Morgan fingerprint density at radius 1 is 0.677 bits per heavy atom. The molecule has 0 bridgehead atoms. The van der Waals surface area contributed by atoms with E-state index in [1.54, 1.807) is 12.7 Å². The molecule has 6 aromatic rings. The van der Waals surface area contributed by atoms with Crippen LogP contribution in [0.5, 0.6) is 0 Å². The lowest BCUT2D eigenvalue weighted by molar-refractivity contribution is 1.05. The molecule has 5 nitrogen and oxygen atoms in total. The monoisotopic (exact) mass is 401 g/mol. The zero-order valence-corrected chi connectivity index (χ0v) is 17.0. The smallest absolute Gasteiger partial charge is 0.173 e. The van der Waals surface area contributed by atoms with Gasteiger partial charge in [-0.15, -0.1) is 10.2 Å². The quantitative estimate of drug-likeness (QED) is 0.382. The molecule has 3 aromatic carbocycles. The summed E-state index contributed by atoms with van der Waals surface area (Å²) >= 11 is 0. The third kappa shape index (κ3) is 2.74. The largest absolute Gasteiger partial charge is 0.293 e. The van der Waals surface area contributed by atoms with Crippen LogP contribution < -0.4 is 0 Å². The van der Waals surface area contributed by atoms with Crippen molar-refractivity contribution in [3.8, 4) is 28.1 Å². The molecule has 6 rings (SSSR count). The van der Waals surface area contributed by atoms with Gasteiger partial charge in [-0.2, -0.15) is 0 Å². The Hall–Kier alpha value is -4.25. The second-order valence-electron chi connectivity index (χ2n) is 7.63. The number of aromatic nitrogens is 5. The molecular formula is C26H19N5. The molecule has 0 atom stereocenters. The molecular weight excluding hydrogens is 382 g/mol. The standard InChI is InChI=1S/C26H19N5/c1-18-12-14-21(15-13-18)31-24(20-10-6-3-7-11-20)22(19-8-4-2-5-9-19)23-25(31)27-16-30-17-28-29-26(23)30/h2-17H,1H3. The minimum atomic E-state index is 0.798. The first-order valence-electron chi connectivity index (χ1n) is 10.2. The number of hydrogen-bond donors (Lipinski definition) is 0. The van der Waals surface area contributed by atoms with Crippen molar-refractivity contribution in [3.63, 3.8) is 0 Å². The maximum Gasteiger partial charge on any atom is 0.173 e. The van der Waals surface area contributed by atoms with E-state index in [1.807, 2.05) is 16.5 Å². The van der Waals surface area contributed by atoms with Crippen LogP contribution in [0.2, 0.25) is 0 Å². The number of benzene rings is 3. The van der Waals surface area contributed by atoms with E-state index < -0.39 is 0 Å². The van der Waals surface area contributed by atoms with Gasteiger partial charge >= 0.3 is 0 Å². The predicted molar refractivity (Wildman–Crippen MR) is 123 cm³/mol. The fraction of sp³-hybridized carbons (Fsp3) is 0.0385. The van der Waals surface area contributed by atoms with Crippen molar-refractivity contribution >= 4 is 16.7 Å². The van der Waals surface area contributed by atoms with Gasteiger partial charge in [0.25, 0.3) is 0 Å². The predicted octanol–water partition coefficient (Wildman–Crippen LogP) is 5.71. The second kappa shape index (κ2) is 6.92. The zero-order valence-electron chi connectivity index (χ0n) is 17.0. The van der Waals surface area contributed by atoms with Gasteiger partial charge in [0.15, 0.2) is 11.3 Å². The van der Waals surface area contributed by atoms with Crippen molar-refractivity contribution in [3.05, 3.63) is 103 Å². The van der Waals surface area contributed by atoms with E-state index in [1.165, 1.54) is 5.56 Å². The Morgan fingerprint density at radius 3 is 2.06 bits per heavy atom. The van der Waals surface area contributed by atoms with Crippen LogP contribution in [0.15, 0.2) is 97.6 Å². The van der Waals surface area contributed by atoms with Gasteiger partial charge in [-0.25, -0.2) is 4.98 Å². The Kier molecular flexibility index (Phi) is 3.93. The maximum atomic E-state index is 4.86. The van der Waals surface area contributed by atoms with E-state index in [2.05, 4.69) is 94.5 Å². The summed E-state index contributed by atoms with van der Waals surface area (Å²) in [7, 11) is 0. The molecule has 0 aliphatic carbocycles. The average Bonchev–Trinajstić information content (AvgIpc) is 3.43. The molecule has 0 saturated carbocycles. The van der Waals surface area contributed by atoms with Gasteiger partial charge in [0.1, 0.15) is 12.7 Å². The first kappa shape index (κ1) is 17.6. The van der Waals surface area contributed by atoms with Gasteiger partial charge < -0.3 is 0 Å². The fourth-order valence-corrected chi connectivity index (χ4v) is 4.22. The highest BCUT2D eigenvalue weighted by atomic mass is 15.2. The van der Waals surface area contributed by atoms with E-state index in [0.29, 0.717) is 0 Å². The van der Waals surface area contributed by atoms with Crippen LogP contribution in [0.4, 0.5) is 0 Å². The summed E-state index contributed by atoms with van der Waals surface area (Å²) in [4.78, 5) is 4.86. The molecule has 0 unspecified atom stereocenters. The Morgan fingerprint density at radius 2 is 1.35 bits per heavy atom. The summed E-state index contributed by atoms with van der Waals surface area (Å²) in [5.74, 6) is 0. The van der Waals surface area contributed by atoms with Crippen molar-refractivity contribution in [2.45, 2.75) is 6.92 Å². The van der Waals surface area contributed by atoms with E-state index in [9.17, 15) is 0 Å². The van der Waals surface area contributed by atoms with E-state index in [-0.39, 0.29) is 0 Å². The maximum absolute atomic E-state index is 4.86. The first-order chi connectivity index (χ1) is 15.3. The Labute approximate surface area is 179 Å². The van der Waals surface area contributed by atoms with Crippen LogP contribution in [-0.2, 0) is 0 Å². The fourth-order valence-electron chi connectivity index (χ4n) is 4.22. The third-order valence-electron chi connectivity index (χ3n) is 5.65. The molecule has 31 heavy (non-hydrogen) atoms. The molecule has 0 spiro atoms. The van der Waals surface area contributed by atoms with Crippen LogP contribution in [0, 0.1) is 6.92 Å². The van der Waals surface area contributed by atoms with E-state index in [0.717, 1.165) is 44.8 Å². The van der Waals surface area contributed by atoms with Crippen molar-refractivity contribution in [2.24, 2.45) is 0 Å². The molecule has 0 amide bonds. The van der Waals surface area contributed by atoms with E-state index in [4.69, 9.17) is 4.98 Å². The minimum absolute atomic E-state index is 0.798. The average molecular weight is 401 g/mol. The topological polar surface area (TPSA) is 48.0 Å². The summed E-state index contributed by atoms with van der Waals surface area (Å²) < 4.78 is 4.12. The number of nitrogens with zero attached hydrogens (tertiary/aromatic N) is 5. The highest BCUT2D eigenvalue weighted by Gasteiger charge is 2.24. The van der Waals surface area contributed by atoms with Crippen LogP contribution in [0.3, 0.4) is 0 Å². The molecule has 0 saturated heterocycles. The number of rotatable bonds is 3. The third-order valence-corrected chi connectivity index (χ3v) is 5.65. The second-order valence-corrected chi connectivity index (χ2v) is 7.63. The summed E-state index contributed by atoms with van der Waals surface area (Å²) in [5.41, 5.74) is 8.38. The summed E-state index contributed by atoms with van der Waals surface area (Å²) in [6.07, 6.45) is 3.48. The van der Waals surface area contributed by atoms with Crippen LogP contribution in [0.25, 0.3) is 44.8 Å². The number of fused-ring (bicyclic) bond motifs is 3. The Bertz CT molecular complexity index is 1510. The SMILES string of the molecule is Cc1ccc(-n2c(-c3ccccc3)c(-c3ccccc3)c3c2ncn2cnnc32)cc1. The molecule has 0 aliphatic rings. The Balaban J connectivity index is 1.85. The highest BCUT2D eigenvalue weighted by Crippen LogP contribution is 2.43. The van der Waals surface area contributed by atoms with Crippen molar-refractivity contribution in [1.29, 1.82) is 0 Å². The van der Waals surface area contributed by atoms with Crippen molar-refractivity contribution < 1.29 is 0 Å². The zero-order chi connectivity index (χ0) is 20.8. The molecule has 148 valence electrons. The molecule has 3 aromatic heterocycles. The van der Waals surface area contributed by atoms with Gasteiger partial charge in [-0.1, -0.05) is 78.4 Å². The summed E-state index contributed by atoms with van der Waals surface area (Å²) in [6.45, 7) is 2.10. The van der Waals surface area contributed by atoms with Gasteiger partial charge in [-0.3, -0.25) is 8.97 Å². The molecule has 0 aliphatic heterocycles. The summed E-state index contributed by atoms with van der Waals surface area (Å²) in [6, 6.07) is 29.5. The molecule has 3 heterocycles. The lowest BCUT2D eigenvalue weighted by Crippen LogP contribution is -1.99. The van der Waals surface area contributed by atoms with Crippen LogP contribution >= 0.6 is 0 Å². The minimum Gasteiger partial charge on any atom is -0.293 e. The number of aryl methyl sites for hydroxylation is 1. The molecule has 5 heteroatoms. The van der Waals surface area contributed by atoms with Crippen LogP contribution in [0.1, 0.15) is 5.56 Å². The summed E-state index contributed by atoms with van der Waals surface area (Å²) in [5, 5.41) is 9.59. The number of hydrogen-bond acceptors (Lipinski definition) is 3. The van der Waals surface area contributed by atoms with Crippen molar-refractivity contribution in [2.75, 3.05) is 0 Å². The van der Waals surface area contributed by atoms with Gasteiger partial charge in [0.05, 0.1) is 11.1 Å². The van der Waals surface area contributed by atoms with Crippen molar-refractivity contribution in [1.82, 2.24) is 24.1 Å². The first-order valence-corrected chi connectivity index (χ1v) is 10.2. The normalized spacial score (nSPS) is 11.4. The molecule has 0 N–H and O–H groups in total. The molecule has 0 radical (unpaired) electrons. The van der Waals surface area contributed by atoms with Gasteiger partial charge in [0.2, 0.25) is 0 Å². The van der Waals surface area contributed by atoms with E-state index >= 15 is 0 Å².